The number of hydrogen-bond donors (Lipinski definition) is 1. The summed E-state index contributed by atoms with van der Waals surface area (Å²) in [5, 5.41) is 3.68. The van der Waals surface area contributed by atoms with Crippen LogP contribution >= 0.6 is 0 Å². The van der Waals surface area contributed by atoms with Gasteiger partial charge in [-0.15, -0.1) is 0 Å². The molecule has 0 saturated carbocycles. The van der Waals surface area contributed by atoms with Gasteiger partial charge in [0.15, 0.2) is 0 Å². The fourth-order valence-corrected chi connectivity index (χ4v) is 3.67. The molecule has 1 aliphatic carbocycles. The number of ether oxygens (including phenoxy) is 1. The van der Waals surface area contributed by atoms with Gasteiger partial charge in [0.2, 0.25) is 0 Å². The molecule has 1 heterocycles. The Kier molecular flexibility index (Phi) is 4.81. The number of nitrogens with one attached hydrogen (secondary N) is 1. The maximum absolute atomic E-state index is 13.4. The molecule has 0 unspecified atom stereocenters. The van der Waals surface area contributed by atoms with E-state index in [1.165, 1.54) is 11.1 Å². The molecule has 0 aromatic heterocycles. The van der Waals surface area contributed by atoms with E-state index in [2.05, 4.69) is 24.1 Å². The van der Waals surface area contributed by atoms with Crippen molar-refractivity contribution in [2.75, 3.05) is 32.8 Å². The molecule has 1 fully saturated rings. The summed E-state index contributed by atoms with van der Waals surface area (Å²) in [7, 11) is 0. The smallest absolute Gasteiger partial charge is 0.123 e. The molecule has 4 heteroatoms. The van der Waals surface area contributed by atoms with Crippen LogP contribution in [0.25, 0.3) is 0 Å². The van der Waals surface area contributed by atoms with E-state index < -0.39 is 0 Å². The molecule has 0 spiro atoms. The number of fused-ring (bicyclic) bond motifs is 1. The van der Waals surface area contributed by atoms with E-state index in [9.17, 15) is 4.39 Å². The largest absolute Gasteiger partial charge is 0.378 e. The Balaban J connectivity index is 1.57. The molecule has 3 nitrogen and oxygen atoms in total. The highest BCUT2D eigenvalue weighted by molar-refractivity contribution is 5.32. The minimum atomic E-state index is -0.116. The zero-order valence-electron chi connectivity index (χ0n) is 13.7. The molecule has 2 aliphatic rings. The lowest BCUT2D eigenvalue weighted by molar-refractivity contribution is -0.0502. The Bertz CT molecular complexity index is 518. The molecule has 122 valence electrons. The molecular formula is C18H27FN2O. The summed E-state index contributed by atoms with van der Waals surface area (Å²) in [5.41, 5.74) is 2.58. The normalized spacial score (nSPS) is 25.0. The molecule has 0 bridgehead atoms. The predicted octanol–water partition coefficient (Wildman–Crippen LogP) is 2.90. The summed E-state index contributed by atoms with van der Waals surface area (Å²) >= 11 is 0. The van der Waals surface area contributed by atoms with E-state index in [4.69, 9.17) is 4.74 Å². The first-order chi connectivity index (χ1) is 10.6. The number of morpholine rings is 1. The fraction of sp³-hybridized carbons (Fsp3) is 0.667. The van der Waals surface area contributed by atoms with Gasteiger partial charge in [0.1, 0.15) is 5.82 Å². The highest BCUT2D eigenvalue weighted by atomic mass is 19.1. The van der Waals surface area contributed by atoms with Crippen molar-refractivity contribution in [3.63, 3.8) is 0 Å². The first-order valence-corrected chi connectivity index (χ1v) is 8.41. The van der Waals surface area contributed by atoms with Crippen molar-refractivity contribution >= 4 is 0 Å². The van der Waals surface area contributed by atoms with E-state index in [1.807, 2.05) is 6.07 Å². The first kappa shape index (κ1) is 15.9. The molecule has 1 N–H and O–H groups in total. The third-order valence-corrected chi connectivity index (χ3v) is 5.01. The maximum atomic E-state index is 13.4. The lowest BCUT2D eigenvalue weighted by atomic mass is 9.87. The number of aryl methyl sites for hydroxylation is 1. The second kappa shape index (κ2) is 6.65. The molecule has 1 saturated heterocycles. The van der Waals surface area contributed by atoms with Crippen molar-refractivity contribution in [3.8, 4) is 0 Å². The van der Waals surface area contributed by atoms with Crippen molar-refractivity contribution in [1.29, 1.82) is 0 Å². The van der Waals surface area contributed by atoms with Gasteiger partial charge >= 0.3 is 0 Å². The Labute approximate surface area is 132 Å². The predicted molar refractivity (Wildman–Crippen MR) is 86.6 cm³/mol. The van der Waals surface area contributed by atoms with E-state index in [-0.39, 0.29) is 11.4 Å². The second-order valence-corrected chi connectivity index (χ2v) is 7.09. The summed E-state index contributed by atoms with van der Waals surface area (Å²) < 4.78 is 18.9. The summed E-state index contributed by atoms with van der Waals surface area (Å²) in [6.45, 7) is 9.11. The maximum Gasteiger partial charge on any atom is 0.123 e. The van der Waals surface area contributed by atoms with E-state index in [0.717, 1.165) is 52.1 Å². The average molecular weight is 306 g/mol. The fourth-order valence-electron chi connectivity index (χ4n) is 3.67. The SMILES string of the molecule is CC1(C)COCCN1CCN[C@H]1CCCc2cc(F)ccc21. The van der Waals surface area contributed by atoms with Gasteiger partial charge in [-0.1, -0.05) is 6.07 Å². The third kappa shape index (κ3) is 3.50. The third-order valence-electron chi connectivity index (χ3n) is 5.01. The van der Waals surface area contributed by atoms with Gasteiger partial charge in [-0.25, -0.2) is 4.39 Å². The summed E-state index contributed by atoms with van der Waals surface area (Å²) in [4.78, 5) is 2.50. The molecule has 1 atom stereocenters. The number of rotatable bonds is 4. The number of nitrogens with zero attached hydrogens (tertiary/aromatic N) is 1. The minimum Gasteiger partial charge on any atom is -0.378 e. The van der Waals surface area contributed by atoms with Crippen LogP contribution < -0.4 is 5.32 Å². The van der Waals surface area contributed by atoms with Gasteiger partial charge in [-0.05, 0) is 56.4 Å². The van der Waals surface area contributed by atoms with Crippen LogP contribution in [-0.4, -0.2) is 43.3 Å². The lowest BCUT2D eigenvalue weighted by Gasteiger charge is -2.42. The van der Waals surface area contributed by atoms with Crippen LogP contribution in [0.5, 0.6) is 0 Å². The number of benzene rings is 1. The highest BCUT2D eigenvalue weighted by Crippen LogP contribution is 2.30. The van der Waals surface area contributed by atoms with Gasteiger partial charge in [0.05, 0.1) is 13.2 Å². The van der Waals surface area contributed by atoms with Crippen LogP contribution in [0.1, 0.15) is 43.9 Å². The molecule has 1 aromatic carbocycles. The Morgan fingerprint density at radius 2 is 2.27 bits per heavy atom. The number of halogens is 1. The van der Waals surface area contributed by atoms with Crippen molar-refractivity contribution < 1.29 is 9.13 Å². The minimum absolute atomic E-state index is 0.116. The van der Waals surface area contributed by atoms with Gasteiger partial charge in [0, 0.05) is 31.2 Å². The second-order valence-electron chi connectivity index (χ2n) is 7.09. The van der Waals surface area contributed by atoms with Gasteiger partial charge in [-0.2, -0.15) is 0 Å². The first-order valence-electron chi connectivity index (χ1n) is 8.41. The van der Waals surface area contributed by atoms with Gasteiger partial charge in [-0.3, -0.25) is 4.90 Å². The Morgan fingerprint density at radius 3 is 3.09 bits per heavy atom. The summed E-state index contributed by atoms with van der Waals surface area (Å²) in [6.07, 6.45) is 3.28. The van der Waals surface area contributed by atoms with Crippen LogP contribution in [0.3, 0.4) is 0 Å². The summed E-state index contributed by atoms with van der Waals surface area (Å²) in [6, 6.07) is 5.62. The molecule has 1 aromatic rings. The van der Waals surface area contributed by atoms with Gasteiger partial charge < -0.3 is 10.1 Å². The van der Waals surface area contributed by atoms with Crippen LogP contribution in [0, 0.1) is 5.82 Å². The topological polar surface area (TPSA) is 24.5 Å². The zero-order chi connectivity index (χ0) is 15.6. The average Bonchev–Trinajstić information content (AvgIpc) is 2.48. The lowest BCUT2D eigenvalue weighted by Crippen LogP contribution is -2.54. The zero-order valence-corrected chi connectivity index (χ0v) is 13.7. The van der Waals surface area contributed by atoms with E-state index >= 15 is 0 Å². The van der Waals surface area contributed by atoms with Crippen molar-refractivity contribution in [3.05, 3.63) is 35.1 Å². The molecule has 1 aliphatic heterocycles. The standard InChI is InChI=1S/C18H27FN2O/c1-18(2)13-22-11-10-21(18)9-8-20-17-5-3-4-14-12-15(19)6-7-16(14)17/h6-7,12,17,20H,3-5,8-11,13H2,1-2H3/t17-/m0/s1. The van der Waals surface area contributed by atoms with E-state index in [1.54, 1.807) is 12.1 Å². The van der Waals surface area contributed by atoms with E-state index in [0.29, 0.717) is 6.04 Å². The Morgan fingerprint density at radius 1 is 1.41 bits per heavy atom. The van der Waals surface area contributed by atoms with Crippen molar-refractivity contribution in [2.45, 2.75) is 44.7 Å². The van der Waals surface area contributed by atoms with Crippen LogP contribution in [0.4, 0.5) is 4.39 Å². The molecule has 0 radical (unpaired) electrons. The Hall–Kier alpha value is -0.970. The summed E-state index contributed by atoms with van der Waals surface area (Å²) in [5.74, 6) is -0.116. The molecule has 22 heavy (non-hydrogen) atoms. The van der Waals surface area contributed by atoms with Crippen molar-refractivity contribution in [1.82, 2.24) is 10.2 Å². The molecule has 3 rings (SSSR count). The van der Waals surface area contributed by atoms with Crippen LogP contribution in [-0.2, 0) is 11.2 Å². The van der Waals surface area contributed by atoms with Crippen LogP contribution in [0.15, 0.2) is 18.2 Å². The van der Waals surface area contributed by atoms with Gasteiger partial charge in [0.25, 0.3) is 0 Å². The molecule has 0 amide bonds. The van der Waals surface area contributed by atoms with Crippen LogP contribution in [0.2, 0.25) is 0 Å². The molecular weight excluding hydrogens is 279 g/mol. The highest BCUT2D eigenvalue weighted by Gasteiger charge is 2.30. The monoisotopic (exact) mass is 306 g/mol. The number of hydrogen-bond acceptors (Lipinski definition) is 3. The van der Waals surface area contributed by atoms with Crippen molar-refractivity contribution in [2.24, 2.45) is 0 Å². The quantitative estimate of drug-likeness (QED) is 0.926.